The molecule has 2 atom stereocenters. The first-order valence-electron chi connectivity index (χ1n) is 9.80. The van der Waals surface area contributed by atoms with Gasteiger partial charge in [-0.15, -0.1) is 0 Å². The molecule has 3 rings (SSSR count). The summed E-state index contributed by atoms with van der Waals surface area (Å²) in [6, 6.07) is 12.9. The third-order valence-corrected chi connectivity index (χ3v) is 5.30. The molecular formula is C24H26O6. The fourth-order valence-corrected chi connectivity index (χ4v) is 3.91. The Hall–Kier alpha value is -3.28. The number of carbonyl (C=O) groups excluding carboxylic acids is 2. The van der Waals surface area contributed by atoms with Crippen molar-refractivity contribution in [3.63, 3.8) is 0 Å². The van der Waals surface area contributed by atoms with Crippen LogP contribution in [0.1, 0.15) is 30.4 Å². The van der Waals surface area contributed by atoms with Crippen LogP contribution in [-0.2, 0) is 14.3 Å². The van der Waals surface area contributed by atoms with Gasteiger partial charge in [0, 0.05) is 11.5 Å². The molecule has 158 valence electrons. The van der Waals surface area contributed by atoms with E-state index in [0.29, 0.717) is 23.5 Å². The SMILES string of the molecule is CCOC(=O)[C@@H]1C(=O)C=C(c2ccc(OC)cc2)C[C@H]1c1c(OC)cccc1OC. The van der Waals surface area contributed by atoms with Gasteiger partial charge in [-0.3, -0.25) is 9.59 Å². The summed E-state index contributed by atoms with van der Waals surface area (Å²) < 4.78 is 21.6. The first kappa shape index (κ1) is 21.4. The highest BCUT2D eigenvalue weighted by atomic mass is 16.5. The van der Waals surface area contributed by atoms with Crippen LogP contribution in [0.15, 0.2) is 48.5 Å². The van der Waals surface area contributed by atoms with Gasteiger partial charge in [-0.05, 0) is 54.8 Å². The Kier molecular flexibility index (Phi) is 6.77. The second-order valence-electron chi connectivity index (χ2n) is 6.92. The van der Waals surface area contributed by atoms with Crippen LogP contribution in [0.2, 0.25) is 0 Å². The summed E-state index contributed by atoms with van der Waals surface area (Å²) in [5.41, 5.74) is 2.42. The van der Waals surface area contributed by atoms with Gasteiger partial charge < -0.3 is 18.9 Å². The fraction of sp³-hybridized carbons (Fsp3) is 0.333. The van der Waals surface area contributed by atoms with Crippen molar-refractivity contribution in [2.24, 2.45) is 5.92 Å². The van der Waals surface area contributed by atoms with Gasteiger partial charge in [0.05, 0.1) is 27.9 Å². The molecule has 2 aromatic carbocycles. The Morgan fingerprint density at radius 2 is 1.60 bits per heavy atom. The number of benzene rings is 2. The summed E-state index contributed by atoms with van der Waals surface area (Å²) in [6.07, 6.45) is 2.00. The second kappa shape index (κ2) is 9.48. The van der Waals surface area contributed by atoms with Crippen LogP contribution >= 0.6 is 0 Å². The van der Waals surface area contributed by atoms with E-state index in [-0.39, 0.29) is 12.4 Å². The zero-order chi connectivity index (χ0) is 21.7. The highest BCUT2D eigenvalue weighted by Crippen LogP contribution is 2.47. The van der Waals surface area contributed by atoms with Gasteiger partial charge in [0.2, 0.25) is 0 Å². The monoisotopic (exact) mass is 410 g/mol. The van der Waals surface area contributed by atoms with Gasteiger partial charge in [-0.2, -0.15) is 0 Å². The maximum atomic E-state index is 13.1. The highest BCUT2D eigenvalue weighted by molar-refractivity contribution is 6.10. The quantitative estimate of drug-likeness (QED) is 0.507. The molecule has 0 heterocycles. The van der Waals surface area contributed by atoms with E-state index < -0.39 is 17.8 Å². The van der Waals surface area contributed by atoms with E-state index in [1.165, 1.54) is 0 Å². The van der Waals surface area contributed by atoms with Crippen molar-refractivity contribution in [1.82, 2.24) is 0 Å². The smallest absolute Gasteiger partial charge is 0.317 e. The molecular weight excluding hydrogens is 384 g/mol. The summed E-state index contributed by atoms with van der Waals surface area (Å²) in [4.78, 5) is 25.9. The molecule has 6 heteroatoms. The minimum Gasteiger partial charge on any atom is -0.497 e. The average Bonchev–Trinajstić information content (AvgIpc) is 2.78. The number of hydrogen-bond donors (Lipinski definition) is 0. The predicted octanol–water partition coefficient (Wildman–Crippen LogP) is 4.03. The minimum absolute atomic E-state index is 0.202. The van der Waals surface area contributed by atoms with E-state index >= 15 is 0 Å². The normalized spacial score (nSPS) is 18.4. The zero-order valence-corrected chi connectivity index (χ0v) is 17.6. The first-order valence-corrected chi connectivity index (χ1v) is 9.80. The maximum absolute atomic E-state index is 13.1. The van der Waals surface area contributed by atoms with Crippen molar-refractivity contribution < 1.29 is 28.5 Å². The van der Waals surface area contributed by atoms with E-state index in [0.717, 1.165) is 16.9 Å². The van der Waals surface area contributed by atoms with Gasteiger partial charge in [-0.25, -0.2) is 0 Å². The van der Waals surface area contributed by atoms with Gasteiger partial charge in [0.1, 0.15) is 23.2 Å². The molecule has 2 aromatic rings. The molecule has 0 unspecified atom stereocenters. The number of ether oxygens (including phenoxy) is 4. The molecule has 30 heavy (non-hydrogen) atoms. The topological polar surface area (TPSA) is 71.1 Å². The summed E-state index contributed by atoms with van der Waals surface area (Å²) in [6.45, 7) is 1.93. The van der Waals surface area contributed by atoms with Crippen molar-refractivity contribution in [2.45, 2.75) is 19.3 Å². The van der Waals surface area contributed by atoms with Crippen LogP contribution in [0.3, 0.4) is 0 Å². The summed E-state index contributed by atoms with van der Waals surface area (Å²) in [7, 11) is 4.72. The largest absolute Gasteiger partial charge is 0.497 e. The van der Waals surface area contributed by atoms with Crippen molar-refractivity contribution in [2.75, 3.05) is 27.9 Å². The number of rotatable bonds is 7. The number of methoxy groups -OCH3 is 3. The molecule has 0 saturated heterocycles. The van der Waals surface area contributed by atoms with E-state index in [9.17, 15) is 9.59 Å². The number of esters is 1. The van der Waals surface area contributed by atoms with Crippen LogP contribution in [0.5, 0.6) is 17.2 Å². The molecule has 0 aliphatic heterocycles. The van der Waals surface area contributed by atoms with E-state index in [4.69, 9.17) is 18.9 Å². The van der Waals surface area contributed by atoms with Crippen molar-refractivity contribution in [3.05, 3.63) is 59.7 Å². The molecule has 0 spiro atoms. The van der Waals surface area contributed by atoms with Gasteiger partial charge >= 0.3 is 5.97 Å². The molecule has 0 amide bonds. The number of carbonyl (C=O) groups is 2. The number of ketones is 1. The fourth-order valence-electron chi connectivity index (χ4n) is 3.91. The van der Waals surface area contributed by atoms with Crippen molar-refractivity contribution >= 4 is 17.3 Å². The highest BCUT2D eigenvalue weighted by Gasteiger charge is 2.42. The van der Waals surface area contributed by atoms with Gasteiger partial charge in [-0.1, -0.05) is 18.2 Å². The van der Waals surface area contributed by atoms with E-state index in [1.807, 2.05) is 30.3 Å². The lowest BCUT2D eigenvalue weighted by molar-refractivity contribution is -0.151. The molecule has 0 fully saturated rings. The van der Waals surface area contributed by atoms with E-state index in [2.05, 4.69) is 0 Å². The Labute approximate surface area is 176 Å². The Morgan fingerprint density at radius 1 is 0.967 bits per heavy atom. The summed E-state index contributed by atoms with van der Waals surface area (Å²) in [5, 5.41) is 0. The third kappa shape index (κ3) is 4.17. The second-order valence-corrected chi connectivity index (χ2v) is 6.92. The molecule has 0 N–H and O–H groups in total. The number of hydrogen-bond acceptors (Lipinski definition) is 6. The lowest BCUT2D eigenvalue weighted by Gasteiger charge is -2.31. The van der Waals surface area contributed by atoms with Crippen LogP contribution in [0, 0.1) is 5.92 Å². The third-order valence-electron chi connectivity index (χ3n) is 5.30. The Morgan fingerprint density at radius 3 is 2.13 bits per heavy atom. The Balaban J connectivity index is 2.11. The first-order chi connectivity index (χ1) is 14.5. The van der Waals surface area contributed by atoms with Gasteiger partial charge in [0.25, 0.3) is 0 Å². The van der Waals surface area contributed by atoms with Crippen molar-refractivity contribution in [3.8, 4) is 17.2 Å². The molecule has 6 nitrogen and oxygen atoms in total. The molecule has 0 saturated carbocycles. The molecule has 1 aliphatic carbocycles. The average molecular weight is 410 g/mol. The lowest BCUT2D eigenvalue weighted by Crippen LogP contribution is -2.34. The standard InChI is InChI=1S/C24H26O6/c1-5-30-24(26)22-18(23-20(28-3)7-6-8-21(23)29-4)13-16(14-19(22)25)15-9-11-17(27-2)12-10-15/h6-12,14,18,22H,5,13H2,1-4H3/t18-,22+/m1/s1. The van der Waals surface area contributed by atoms with Crippen LogP contribution < -0.4 is 14.2 Å². The van der Waals surface area contributed by atoms with Crippen molar-refractivity contribution in [1.29, 1.82) is 0 Å². The van der Waals surface area contributed by atoms with Gasteiger partial charge in [0.15, 0.2) is 5.78 Å². The molecule has 0 aromatic heterocycles. The Bertz CT molecular complexity index is 922. The molecule has 0 radical (unpaired) electrons. The van der Waals surface area contributed by atoms with Crippen LogP contribution in [-0.4, -0.2) is 39.7 Å². The van der Waals surface area contributed by atoms with E-state index in [1.54, 1.807) is 46.5 Å². The van der Waals surface area contributed by atoms with Crippen LogP contribution in [0.25, 0.3) is 5.57 Å². The lowest BCUT2D eigenvalue weighted by atomic mass is 9.73. The maximum Gasteiger partial charge on any atom is 0.317 e. The summed E-state index contributed by atoms with van der Waals surface area (Å²) >= 11 is 0. The predicted molar refractivity (Wildman–Crippen MR) is 113 cm³/mol. The summed E-state index contributed by atoms with van der Waals surface area (Å²) in [5.74, 6) is -0.403. The van der Waals surface area contributed by atoms with Crippen LogP contribution in [0.4, 0.5) is 0 Å². The number of allylic oxidation sites excluding steroid dienone is 2. The minimum atomic E-state index is -0.961. The zero-order valence-electron chi connectivity index (χ0n) is 17.6. The molecule has 1 aliphatic rings. The molecule has 0 bridgehead atoms.